The zero-order valence-electron chi connectivity index (χ0n) is 9.60. The minimum Gasteiger partial charge on any atom is -0.495 e. The highest BCUT2D eigenvalue weighted by atomic mass is 16.5. The summed E-state index contributed by atoms with van der Waals surface area (Å²) in [5.41, 5.74) is 9.24. The van der Waals surface area contributed by atoms with Crippen molar-refractivity contribution < 1.29 is 9.53 Å². The molecule has 0 aromatic heterocycles. The molecular weight excluding hydrogens is 222 g/mol. The zero-order chi connectivity index (χ0) is 12.7. The number of benzene rings is 1. The van der Waals surface area contributed by atoms with Gasteiger partial charge < -0.3 is 15.4 Å². The molecule has 0 saturated carbocycles. The largest absolute Gasteiger partial charge is 0.495 e. The lowest BCUT2D eigenvalue weighted by Gasteiger charge is -2.10. The summed E-state index contributed by atoms with van der Waals surface area (Å²) in [5.74, 6) is 0.432. The Balaban J connectivity index is 2.92. The van der Waals surface area contributed by atoms with Crippen molar-refractivity contribution in [2.75, 3.05) is 19.0 Å². The van der Waals surface area contributed by atoms with Crippen LogP contribution in [0.3, 0.4) is 0 Å². The van der Waals surface area contributed by atoms with Crippen molar-refractivity contribution in [3.8, 4) is 5.75 Å². The van der Waals surface area contributed by atoms with Crippen molar-refractivity contribution in [2.45, 2.75) is 6.92 Å². The van der Waals surface area contributed by atoms with Gasteiger partial charge in [-0.1, -0.05) is 11.2 Å². The molecule has 1 rings (SSSR count). The summed E-state index contributed by atoms with van der Waals surface area (Å²) in [4.78, 5) is 14.0. The smallest absolute Gasteiger partial charge is 0.319 e. The van der Waals surface area contributed by atoms with Crippen LogP contribution >= 0.6 is 0 Å². The van der Waals surface area contributed by atoms with Gasteiger partial charge in [0.15, 0.2) is 0 Å². The predicted octanol–water partition coefficient (Wildman–Crippen LogP) is 2.78. The Bertz CT molecular complexity index is 454. The van der Waals surface area contributed by atoms with E-state index < -0.39 is 0 Å². The van der Waals surface area contributed by atoms with E-state index in [0.29, 0.717) is 23.7 Å². The first-order chi connectivity index (χ1) is 8.21. The van der Waals surface area contributed by atoms with Gasteiger partial charge in [-0.2, -0.15) is 0 Å². The molecule has 1 aromatic carbocycles. The summed E-state index contributed by atoms with van der Waals surface area (Å²) in [6, 6.07) is 4.42. The fraction of sp³-hybridized carbons (Fsp3) is 0.300. The van der Waals surface area contributed by atoms with E-state index in [0.717, 1.165) is 0 Å². The van der Waals surface area contributed by atoms with E-state index >= 15 is 0 Å². The highest BCUT2D eigenvalue weighted by Crippen LogP contribution is 2.29. The molecule has 2 N–H and O–H groups in total. The number of anilines is 1. The SMILES string of the molecule is CCNC(=O)Nc1ccc(N=[N+]=[N-])cc1OC. The number of rotatable bonds is 4. The van der Waals surface area contributed by atoms with Crippen LogP contribution in [0.2, 0.25) is 0 Å². The summed E-state index contributed by atoms with van der Waals surface area (Å²) < 4.78 is 5.09. The Kier molecular flexibility index (Phi) is 4.65. The number of urea groups is 1. The maximum absolute atomic E-state index is 11.3. The second-order valence-corrected chi connectivity index (χ2v) is 3.06. The lowest BCUT2D eigenvalue weighted by molar-refractivity contribution is 0.252. The minimum atomic E-state index is -0.317. The van der Waals surface area contributed by atoms with Gasteiger partial charge in [0, 0.05) is 17.1 Å². The second kappa shape index (κ2) is 6.24. The normalized spacial score (nSPS) is 9.06. The van der Waals surface area contributed by atoms with E-state index in [4.69, 9.17) is 10.3 Å². The second-order valence-electron chi connectivity index (χ2n) is 3.06. The Labute approximate surface area is 98.4 Å². The predicted molar refractivity (Wildman–Crippen MR) is 64.5 cm³/mol. The molecule has 0 atom stereocenters. The number of ether oxygens (including phenoxy) is 1. The van der Waals surface area contributed by atoms with Crippen molar-refractivity contribution in [1.29, 1.82) is 0 Å². The molecule has 0 bridgehead atoms. The first-order valence-electron chi connectivity index (χ1n) is 4.99. The van der Waals surface area contributed by atoms with Crippen LogP contribution in [-0.4, -0.2) is 19.7 Å². The topological polar surface area (TPSA) is 99.1 Å². The Morgan fingerprint density at radius 2 is 2.35 bits per heavy atom. The van der Waals surface area contributed by atoms with Gasteiger partial charge in [-0.15, -0.1) is 0 Å². The average molecular weight is 235 g/mol. The van der Waals surface area contributed by atoms with E-state index in [1.807, 2.05) is 6.92 Å². The molecular formula is C10H13N5O2. The average Bonchev–Trinajstić information content (AvgIpc) is 2.31. The van der Waals surface area contributed by atoms with Crippen LogP contribution in [0.1, 0.15) is 6.92 Å². The van der Waals surface area contributed by atoms with E-state index in [2.05, 4.69) is 20.7 Å². The van der Waals surface area contributed by atoms with Crippen LogP contribution < -0.4 is 15.4 Å². The van der Waals surface area contributed by atoms with Crippen molar-refractivity contribution in [2.24, 2.45) is 5.11 Å². The van der Waals surface area contributed by atoms with Crippen LogP contribution in [0.15, 0.2) is 23.3 Å². The number of carbonyl (C=O) groups is 1. The fourth-order valence-corrected chi connectivity index (χ4v) is 1.22. The number of hydrogen-bond donors (Lipinski definition) is 2. The van der Waals surface area contributed by atoms with Gasteiger partial charge in [-0.25, -0.2) is 4.79 Å². The van der Waals surface area contributed by atoms with Gasteiger partial charge in [0.1, 0.15) is 5.75 Å². The van der Waals surface area contributed by atoms with Crippen molar-refractivity contribution in [1.82, 2.24) is 5.32 Å². The number of amides is 2. The molecule has 0 aliphatic heterocycles. The molecule has 0 unspecified atom stereocenters. The third-order valence-electron chi connectivity index (χ3n) is 1.93. The summed E-state index contributed by atoms with van der Waals surface area (Å²) in [6.45, 7) is 2.35. The van der Waals surface area contributed by atoms with Crippen molar-refractivity contribution in [3.05, 3.63) is 28.6 Å². The number of methoxy groups -OCH3 is 1. The Morgan fingerprint density at radius 3 is 2.94 bits per heavy atom. The van der Waals surface area contributed by atoms with Gasteiger partial charge in [-0.3, -0.25) is 0 Å². The Morgan fingerprint density at radius 1 is 1.59 bits per heavy atom. The first-order valence-corrected chi connectivity index (χ1v) is 4.99. The molecule has 0 aliphatic carbocycles. The minimum absolute atomic E-state index is 0.317. The number of carbonyl (C=O) groups excluding carboxylic acids is 1. The quantitative estimate of drug-likeness (QED) is 0.476. The molecule has 0 spiro atoms. The number of azide groups is 1. The molecule has 1 aromatic rings. The summed E-state index contributed by atoms with van der Waals surface area (Å²) in [7, 11) is 1.47. The third-order valence-corrected chi connectivity index (χ3v) is 1.93. The molecule has 0 radical (unpaired) electrons. The van der Waals surface area contributed by atoms with E-state index in [1.54, 1.807) is 18.2 Å². The monoisotopic (exact) mass is 235 g/mol. The number of nitrogens with one attached hydrogen (secondary N) is 2. The molecule has 7 heteroatoms. The summed E-state index contributed by atoms with van der Waals surface area (Å²) >= 11 is 0. The maximum atomic E-state index is 11.3. The molecule has 2 amide bonds. The summed E-state index contributed by atoms with van der Waals surface area (Å²) in [6.07, 6.45) is 0. The fourth-order valence-electron chi connectivity index (χ4n) is 1.22. The van der Waals surface area contributed by atoms with Crippen LogP contribution in [0.5, 0.6) is 5.75 Å². The van der Waals surface area contributed by atoms with Gasteiger partial charge in [-0.05, 0) is 24.6 Å². The van der Waals surface area contributed by atoms with Crippen LogP contribution in [0.25, 0.3) is 10.4 Å². The van der Waals surface area contributed by atoms with Crippen molar-refractivity contribution in [3.63, 3.8) is 0 Å². The van der Waals surface area contributed by atoms with Crippen LogP contribution in [-0.2, 0) is 0 Å². The first kappa shape index (κ1) is 12.7. The number of nitrogens with zero attached hydrogens (tertiary/aromatic N) is 3. The van der Waals surface area contributed by atoms with Gasteiger partial charge >= 0.3 is 6.03 Å². The molecule has 7 nitrogen and oxygen atoms in total. The molecule has 17 heavy (non-hydrogen) atoms. The molecule has 90 valence electrons. The van der Waals surface area contributed by atoms with Crippen molar-refractivity contribution >= 4 is 17.4 Å². The van der Waals surface area contributed by atoms with E-state index in [9.17, 15) is 4.79 Å². The third kappa shape index (κ3) is 3.58. The van der Waals surface area contributed by atoms with E-state index in [1.165, 1.54) is 7.11 Å². The lowest BCUT2D eigenvalue weighted by atomic mass is 10.2. The van der Waals surface area contributed by atoms with Gasteiger partial charge in [0.05, 0.1) is 12.8 Å². The van der Waals surface area contributed by atoms with E-state index in [-0.39, 0.29) is 6.03 Å². The summed E-state index contributed by atoms with van der Waals surface area (Å²) in [5, 5.41) is 8.66. The van der Waals surface area contributed by atoms with Gasteiger partial charge in [0.2, 0.25) is 0 Å². The highest BCUT2D eigenvalue weighted by molar-refractivity contribution is 5.91. The molecule has 0 aliphatic rings. The zero-order valence-corrected chi connectivity index (χ0v) is 9.60. The van der Waals surface area contributed by atoms with Crippen LogP contribution in [0, 0.1) is 0 Å². The Hall–Kier alpha value is -2.40. The number of hydrogen-bond acceptors (Lipinski definition) is 3. The standard InChI is InChI=1S/C10H13N5O2/c1-3-12-10(16)13-8-5-4-7(14-15-11)6-9(8)17-2/h4-6H,3H2,1-2H3,(H2,12,13,16). The molecule has 0 saturated heterocycles. The highest BCUT2D eigenvalue weighted by Gasteiger charge is 2.06. The lowest BCUT2D eigenvalue weighted by Crippen LogP contribution is -2.28. The molecule has 0 fully saturated rings. The van der Waals surface area contributed by atoms with Crippen LogP contribution in [0.4, 0.5) is 16.2 Å². The maximum Gasteiger partial charge on any atom is 0.319 e. The van der Waals surface area contributed by atoms with Gasteiger partial charge in [0.25, 0.3) is 0 Å². The molecule has 0 heterocycles.